The molecule has 2 N–H and O–H groups in total. The summed E-state index contributed by atoms with van der Waals surface area (Å²) in [6.45, 7) is 8.29. The smallest absolute Gasteiger partial charge is 0.191 e. The summed E-state index contributed by atoms with van der Waals surface area (Å²) < 4.78 is 5.53. The fourth-order valence-corrected chi connectivity index (χ4v) is 4.69. The molecule has 0 bridgehead atoms. The molecule has 4 rings (SSSR count). The van der Waals surface area contributed by atoms with E-state index in [1.165, 1.54) is 32.4 Å². The number of nitrogens with one attached hydrogen (secondary N) is 2. The monoisotopic (exact) mass is 547 g/mol. The fourth-order valence-electron chi connectivity index (χ4n) is 4.52. The van der Waals surface area contributed by atoms with Gasteiger partial charge in [-0.15, -0.1) is 24.0 Å². The standard InChI is InChI=1S/C22H34ClN5O.HI/c1-3-24-22(25-13-16-8-10-27(14-16)19-5-6-19)26-18-9-11-28(15-18)20-12-17(23)4-7-21(20)29-2;/h4,7,12,16,18-19H,3,5-6,8-11,13-15H2,1-2H3,(H2,24,25,26);1H. The number of ether oxygens (including phenoxy) is 1. The van der Waals surface area contributed by atoms with Crippen LogP contribution in [0.4, 0.5) is 5.69 Å². The quantitative estimate of drug-likeness (QED) is 0.311. The van der Waals surface area contributed by atoms with E-state index in [2.05, 4.69) is 27.4 Å². The van der Waals surface area contributed by atoms with E-state index in [4.69, 9.17) is 21.3 Å². The molecule has 0 radical (unpaired) electrons. The van der Waals surface area contributed by atoms with Crippen molar-refractivity contribution in [3.8, 4) is 5.75 Å². The minimum absolute atomic E-state index is 0. The van der Waals surface area contributed by atoms with Crippen LogP contribution in [0.1, 0.15) is 32.6 Å². The summed E-state index contributed by atoms with van der Waals surface area (Å²) in [4.78, 5) is 9.93. The lowest BCUT2D eigenvalue weighted by molar-refractivity contribution is 0.315. The minimum Gasteiger partial charge on any atom is -0.495 e. The zero-order chi connectivity index (χ0) is 20.2. The minimum atomic E-state index is 0. The molecule has 0 spiro atoms. The summed E-state index contributed by atoms with van der Waals surface area (Å²) >= 11 is 6.22. The van der Waals surface area contributed by atoms with Crippen molar-refractivity contribution in [2.45, 2.75) is 44.7 Å². The number of likely N-dealkylation sites (tertiary alicyclic amines) is 1. The number of anilines is 1. The van der Waals surface area contributed by atoms with Gasteiger partial charge in [0.2, 0.25) is 0 Å². The Morgan fingerprint density at radius 3 is 2.77 bits per heavy atom. The highest BCUT2D eigenvalue weighted by molar-refractivity contribution is 14.0. The van der Waals surface area contributed by atoms with Crippen LogP contribution in [0.15, 0.2) is 23.2 Å². The van der Waals surface area contributed by atoms with Gasteiger partial charge in [-0.3, -0.25) is 4.99 Å². The lowest BCUT2D eigenvalue weighted by atomic mass is 10.1. The van der Waals surface area contributed by atoms with E-state index in [1.54, 1.807) is 7.11 Å². The highest BCUT2D eigenvalue weighted by atomic mass is 127. The molecule has 1 aromatic carbocycles. The average Bonchev–Trinajstić information content (AvgIpc) is 3.28. The molecule has 3 fully saturated rings. The van der Waals surface area contributed by atoms with Gasteiger partial charge in [-0.25, -0.2) is 0 Å². The summed E-state index contributed by atoms with van der Waals surface area (Å²) in [5.41, 5.74) is 1.07. The molecule has 1 saturated carbocycles. The molecular weight excluding hydrogens is 513 g/mol. The van der Waals surface area contributed by atoms with E-state index in [0.29, 0.717) is 12.0 Å². The first-order valence-corrected chi connectivity index (χ1v) is 11.4. The van der Waals surface area contributed by atoms with E-state index in [0.717, 1.165) is 61.1 Å². The van der Waals surface area contributed by atoms with Crippen LogP contribution in [0.3, 0.4) is 0 Å². The third-order valence-electron chi connectivity index (χ3n) is 6.24. The summed E-state index contributed by atoms with van der Waals surface area (Å²) in [6, 6.07) is 7.05. The topological polar surface area (TPSA) is 52.1 Å². The second-order valence-corrected chi connectivity index (χ2v) is 8.93. The lowest BCUT2D eigenvalue weighted by Gasteiger charge is -2.22. The predicted molar refractivity (Wildman–Crippen MR) is 136 cm³/mol. The van der Waals surface area contributed by atoms with Crippen LogP contribution in [-0.4, -0.2) is 69.3 Å². The number of halogens is 2. The number of rotatable bonds is 7. The molecule has 6 nitrogen and oxygen atoms in total. The molecule has 2 saturated heterocycles. The fraction of sp³-hybridized carbons (Fsp3) is 0.682. The third-order valence-corrected chi connectivity index (χ3v) is 6.48. The van der Waals surface area contributed by atoms with Crippen LogP contribution in [0, 0.1) is 5.92 Å². The van der Waals surface area contributed by atoms with Gasteiger partial charge >= 0.3 is 0 Å². The van der Waals surface area contributed by atoms with Crippen molar-refractivity contribution in [2.75, 3.05) is 51.3 Å². The number of benzene rings is 1. The van der Waals surface area contributed by atoms with Crippen LogP contribution < -0.4 is 20.3 Å². The van der Waals surface area contributed by atoms with Crippen molar-refractivity contribution in [3.63, 3.8) is 0 Å². The van der Waals surface area contributed by atoms with Crippen LogP contribution in [-0.2, 0) is 0 Å². The average molecular weight is 548 g/mol. The third kappa shape index (κ3) is 6.07. The number of hydrogen-bond donors (Lipinski definition) is 2. The normalized spacial score (nSPS) is 24.6. The van der Waals surface area contributed by atoms with E-state index in [1.807, 2.05) is 18.2 Å². The lowest BCUT2D eigenvalue weighted by Crippen LogP contribution is -2.45. The van der Waals surface area contributed by atoms with Crippen molar-refractivity contribution < 1.29 is 4.74 Å². The molecule has 2 aliphatic heterocycles. The number of methoxy groups -OCH3 is 1. The molecule has 2 unspecified atom stereocenters. The molecule has 168 valence electrons. The SMILES string of the molecule is CCNC(=NCC1CCN(C2CC2)C1)NC1CCN(c2cc(Cl)ccc2OC)C1.I. The maximum absolute atomic E-state index is 6.22. The molecule has 0 aromatic heterocycles. The van der Waals surface area contributed by atoms with Gasteiger partial charge in [0.05, 0.1) is 12.8 Å². The Morgan fingerprint density at radius 2 is 2.03 bits per heavy atom. The van der Waals surface area contributed by atoms with Crippen LogP contribution in [0.2, 0.25) is 5.02 Å². The largest absolute Gasteiger partial charge is 0.495 e. The van der Waals surface area contributed by atoms with E-state index < -0.39 is 0 Å². The van der Waals surface area contributed by atoms with Gasteiger partial charge < -0.3 is 25.2 Å². The van der Waals surface area contributed by atoms with Gasteiger partial charge in [-0.1, -0.05) is 11.6 Å². The van der Waals surface area contributed by atoms with E-state index >= 15 is 0 Å². The molecule has 1 aliphatic carbocycles. The van der Waals surface area contributed by atoms with Gasteiger partial charge in [-0.2, -0.15) is 0 Å². The highest BCUT2D eigenvalue weighted by Gasteiger charge is 2.34. The Kier molecular flexibility index (Phi) is 8.77. The second kappa shape index (κ2) is 11.1. The number of hydrogen-bond acceptors (Lipinski definition) is 4. The Balaban J connectivity index is 0.00000256. The summed E-state index contributed by atoms with van der Waals surface area (Å²) in [5.74, 6) is 2.52. The summed E-state index contributed by atoms with van der Waals surface area (Å²) in [7, 11) is 1.71. The van der Waals surface area contributed by atoms with E-state index in [9.17, 15) is 0 Å². The highest BCUT2D eigenvalue weighted by Crippen LogP contribution is 2.33. The van der Waals surface area contributed by atoms with E-state index in [-0.39, 0.29) is 24.0 Å². The van der Waals surface area contributed by atoms with Gasteiger partial charge in [0.15, 0.2) is 5.96 Å². The summed E-state index contributed by atoms with van der Waals surface area (Å²) in [6.07, 6.45) is 5.15. The molecule has 1 aromatic rings. The predicted octanol–water partition coefficient (Wildman–Crippen LogP) is 3.58. The van der Waals surface area contributed by atoms with Crippen LogP contribution in [0.25, 0.3) is 0 Å². The first-order valence-electron chi connectivity index (χ1n) is 11.0. The van der Waals surface area contributed by atoms with Crippen LogP contribution >= 0.6 is 35.6 Å². The molecule has 0 amide bonds. The van der Waals surface area contributed by atoms with Crippen molar-refractivity contribution in [3.05, 3.63) is 23.2 Å². The zero-order valence-electron chi connectivity index (χ0n) is 18.1. The molecular formula is C22H35ClIN5O. The van der Waals surface area contributed by atoms with Gasteiger partial charge in [-0.05, 0) is 63.3 Å². The maximum atomic E-state index is 6.22. The van der Waals surface area contributed by atoms with Gasteiger partial charge in [0.1, 0.15) is 5.75 Å². The second-order valence-electron chi connectivity index (χ2n) is 8.49. The first-order chi connectivity index (χ1) is 14.2. The molecule has 3 aliphatic rings. The Morgan fingerprint density at radius 1 is 1.20 bits per heavy atom. The van der Waals surface area contributed by atoms with Gasteiger partial charge in [0, 0.05) is 49.8 Å². The molecule has 2 atom stereocenters. The maximum Gasteiger partial charge on any atom is 0.191 e. The Labute approximate surface area is 202 Å². The number of guanidine groups is 1. The molecule has 8 heteroatoms. The molecule has 2 heterocycles. The van der Waals surface area contributed by atoms with Crippen molar-refractivity contribution >= 4 is 47.2 Å². The number of nitrogens with zero attached hydrogens (tertiary/aromatic N) is 3. The van der Waals surface area contributed by atoms with Crippen molar-refractivity contribution in [2.24, 2.45) is 10.9 Å². The Hall–Kier alpha value is -0.930. The Bertz CT molecular complexity index is 729. The zero-order valence-corrected chi connectivity index (χ0v) is 21.2. The van der Waals surface area contributed by atoms with Crippen molar-refractivity contribution in [1.29, 1.82) is 0 Å². The van der Waals surface area contributed by atoms with Crippen LogP contribution in [0.5, 0.6) is 5.75 Å². The number of aliphatic imine (C=N–C) groups is 1. The molecule has 30 heavy (non-hydrogen) atoms. The summed E-state index contributed by atoms with van der Waals surface area (Å²) in [5, 5.41) is 7.82. The first kappa shape index (κ1) is 23.7. The van der Waals surface area contributed by atoms with Gasteiger partial charge in [0.25, 0.3) is 0 Å². The van der Waals surface area contributed by atoms with Crippen molar-refractivity contribution in [1.82, 2.24) is 15.5 Å².